The summed E-state index contributed by atoms with van der Waals surface area (Å²) in [6.07, 6.45) is -1.03. The van der Waals surface area contributed by atoms with Gasteiger partial charge in [0, 0.05) is 12.6 Å². The summed E-state index contributed by atoms with van der Waals surface area (Å²) in [6, 6.07) is 7.73. The number of carbonyl (C=O) groups excluding carboxylic acids is 3. The third kappa shape index (κ3) is 5.43. The Morgan fingerprint density at radius 1 is 1.07 bits per heavy atom. The first-order valence-electron chi connectivity index (χ1n) is 9.49. The topological polar surface area (TPSA) is 102 Å². The van der Waals surface area contributed by atoms with Crippen LogP contribution in [0.2, 0.25) is 0 Å². The minimum atomic E-state index is -1.03. The first-order chi connectivity index (χ1) is 13.6. The summed E-state index contributed by atoms with van der Waals surface area (Å²) in [6.45, 7) is 8.70. The Balaban J connectivity index is 2.03. The summed E-state index contributed by atoms with van der Waals surface area (Å²) in [7, 11) is 1.78. The number of nitrogens with one attached hydrogen (secondary N) is 2. The predicted octanol–water partition coefficient (Wildman–Crippen LogP) is 2.36. The second-order valence-electron chi connectivity index (χ2n) is 7.30. The molecule has 2 amide bonds. The van der Waals surface area contributed by atoms with E-state index in [9.17, 15) is 14.4 Å². The Labute approximate surface area is 170 Å². The molecule has 0 fully saturated rings. The Kier molecular flexibility index (Phi) is 7.14. The van der Waals surface area contributed by atoms with Crippen molar-refractivity contribution in [1.82, 2.24) is 15.1 Å². The third-order valence-electron chi connectivity index (χ3n) is 4.66. The molecule has 8 heteroatoms. The van der Waals surface area contributed by atoms with Gasteiger partial charge in [0.2, 0.25) is 0 Å². The number of hydrogen-bond acceptors (Lipinski definition) is 5. The largest absolute Gasteiger partial charge is 0.451 e. The molecular formula is C21H28N4O4. The van der Waals surface area contributed by atoms with Crippen molar-refractivity contribution in [2.45, 2.75) is 46.8 Å². The van der Waals surface area contributed by atoms with E-state index in [0.29, 0.717) is 16.9 Å². The minimum absolute atomic E-state index is 0.215. The van der Waals surface area contributed by atoms with Gasteiger partial charge in [-0.05, 0) is 38.8 Å². The van der Waals surface area contributed by atoms with Gasteiger partial charge in [0.15, 0.2) is 6.10 Å². The lowest BCUT2D eigenvalue weighted by Crippen LogP contribution is -2.47. The number of hydrogen-bond donors (Lipinski definition) is 2. The van der Waals surface area contributed by atoms with Crippen LogP contribution in [0.3, 0.4) is 0 Å². The fraction of sp³-hybridized carbons (Fsp3) is 0.429. The van der Waals surface area contributed by atoms with E-state index in [1.807, 2.05) is 6.92 Å². The average molecular weight is 400 g/mol. The molecule has 2 atom stereocenters. The molecular weight excluding hydrogens is 372 g/mol. The number of aromatic nitrogens is 2. The number of esters is 1. The van der Waals surface area contributed by atoms with Crippen LogP contribution in [0.25, 0.3) is 0 Å². The molecule has 1 heterocycles. The van der Waals surface area contributed by atoms with E-state index in [2.05, 4.69) is 15.7 Å². The molecule has 0 aliphatic rings. The summed E-state index contributed by atoms with van der Waals surface area (Å²) < 4.78 is 7.00. The van der Waals surface area contributed by atoms with E-state index in [1.54, 1.807) is 62.8 Å². The average Bonchev–Trinajstić information content (AvgIpc) is 2.92. The number of ether oxygens (including phenoxy) is 1. The van der Waals surface area contributed by atoms with Gasteiger partial charge in [-0.1, -0.05) is 32.0 Å². The van der Waals surface area contributed by atoms with Crippen molar-refractivity contribution in [3.63, 3.8) is 0 Å². The van der Waals surface area contributed by atoms with E-state index in [0.717, 1.165) is 5.69 Å². The molecule has 0 saturated carbocycles. The van der Waals surface area contributed by atoms with Crippen LogP contribution in [-0.4, -0.2) is 39.7 Å². The first kappa shape index (κ1) is 22.1. The van der Waals surface area contributed by atoms with Crippen LogP contribution in [-0.2, 0) is 21.4 Å². The monoisotopic (exact) mass is 400 g/mol. The number of nitrogens with zero attached hydrogens (tertiary/aromatic N) is 2. The minimum Gasteiger partial charge on any atom is -0.451 e. The summed E-state index contributed by atoms with van der Waals surface area (Å²) >= 11 is 0. The molecule has 1 aromatic heterocycles. The molecule has 156 valence electrons. The van der Waals surface area contributed by atoms with Crippen LogP contribution < -0.4 is 10.6 Å². The zero-order valence-corrected chi connectivity index (χ0v) is 17.6. The van der Waals surface area contributed by atoms with Crippen molar-refractivity contribution in [2.24, 2.45) is 13.0 Å². The van der Waals surface area contributed by atoms with Crippen molar-refractivity contribution in [2.75, 3.05) is 5.32 Å². The number of amides is 2. The third-order valence-corrected chi connectivity index (χ3v) is 4.66. The molecule has 2 N–H and O–H groups in total. The van der Waals surface area contributed by atoms with Crippen LogP contribution in [0.5, 0.6) is 0 Å². The maximum Gasteiger partial charge on any atom is 0.329 e. The van der Waals surface area contributed by atoms with Gasteiger partial charge in [0.05, 0.1) is 17.1 Å². The highest BCUT2D eigenvalue weighted by Gasteiger charge is 2.29. The molecule has 0 aliphatic carbocycles. The highest BCUT2D eigenvalue weighted by Crippen LogP contribution is 2.19. The van der Waals surface area contributed by atoms with Gasteiger partial charge >= 0.3 is 5.97 Å². The molecule has 29 heavy (non-hydrogen) atoms. The fourth-order valence-electron chi connectivity index (χ4n) is 2.79. The molecule has 1 unspecified atom stereocenters. The first-order valence-corrected chi connectivity index (χ1v) is 9.49. The normalized spacial score (nSPS) is 12.9. The van der Waals surface area contributed by atoms with E-state index in [4.69, 9.17) is 4.74 Å². The van der Waals surface area contributed by atoms with Crippen LogP contribution in [0.4, 0.5) is 5.69 Å². The number of benzene rings is 1. The van der Waals surface area contributed by atoms with Crippen molar-refractivity contribution in [3.8, 4) is 0 Å². The molecule has 2 rings (SSSR count). The Hall–Kier alpha value is -3.16. The molecule has 8 nitrogen and oxygen atoms in total. The molecule has 0 bridgehead atoms. The van der Waals surface area contributed by atoms with Crippen LogP contribution in [0.1, 0.15) is 42.5 Å². The highest BCUT2D eigenvalue weighted by atomic mass is 16.5. The molecule has 0 aliphatic heterocycles. The lowest BCUT2D eigenvalue weighted by Gasteiger charge is -2.23. The van der Waals surface area contributed by atoms with Crippen LogP contribution in [0.15, 0.2) is 30.3 Å². The number of anilines is 1. The van der Waals surface area contributed by atoms with Gasteiger partial charge < -0.3 is 15.4 Å². The Morgan fingerprint density at radius 3 is 2.21 bits per heavy atom. The molecule has 0 spiro atoms. The smallest absolute Gasteiger partial charge is 0.329 e. The molecule has 1 aromatic carbocycles. The zero-order valence-electron chi connectivity index (χ0n) is 17.6. The van der Waals surface area contributed by atoms with Crippen molar-refractivity contribution in [1.29, 1.82) is 0 Å². The Morgan fingerprint density at radius 2 is 1.69 bits per heavy atom. The summed E-state index contributed by atoms with van der Waals surface area (Å²) in [4.78, 5) is 37.5. The lowest BCUT2D eigenvalue weighted by molar-refractivity contribution is -0.156. The molecule has 0 radical (unpaired) electrons. The SMILES string of the molecule is Cc1nn(C)c(C)c1NC(=O)C(C)OC(=O)[C@@H](NC(=O)c1ccccc1)C(C)C. The maximum absolute atomic E-state index is 12.6. The van der Waals surface area contributed by atoms with Gasteiger partial charge in [0.1, 0.15) is 6.04 Å². The second kappa shape index (κ2) is 9.36. The van der Waals surface area contributed by atoms with E-state index in [-0.39, 0.29) is 11.8 Å². The van der Waals surface area contributed by atoms with Gasteiger partial charge in [-0.3, -0.25) is 14.3 Å². The van der Waals surface area contributed by atoms with Gasteiger partial charge in [-0.25, -0.2) is 4.79 Å². The predicted molar refractivity (Wildman–Crippen MR) is 109 cm³/mol. The molecule has 2 aromatic rings. The summed E-state index contributed by atoms with van der Waals surface area (Å²) in [5, 5.41) is 9.69. The van der Waals surface area contributed by atoms with Gasteiger partial charge in [0.25, 0.3) is 11.8 Å². The number of carbonyl (C=O) groups is 3. The van der Waals surface area contributed by atoms with Crippen molar-refractivity contribution in [3.05, 3.63) is 47.3 Å². The number of rotatable bonds is 7. The van der Waals surface area contributed by atoms with Gasteiger partial charge in [-0.2, -0.15) is 5.10 Å². The van der Waals surface area contributed by atoms with Crippen LogP contribution in [0, 0.1) is 19.8 Å². The van der Waals surface area contributed by atoms with Crippen molar-refractivity contribution < 1.29 is 19.1 Å². The lowest BCUT2D eigenvalue weighted by atomic mass is 10.0. The number of aryl methyl sites for hydroxylation is 2. The van der Waals surface area contributed by atoms with Crippen LogP contribution >= 0.6 is 0 Å². The summed E-state index contributed by atoms with van der Waals surface area (Å²) in [5.41, 5.74) is 2.51. The fourth-order valence-corrected chi connectivity index (χ4v) is 2.79. The standard InChI is InChI=1S/C21H28N4O4/c1-12(2)17(22-20(27)16-10-8-7-9-11-16)21(28)29-15(5)19(26)23-18-13(3)24-25(6)14(18)4/h7-12,15,17H,1-6H3,(H,22,27)(H,23,26)/t15?,17-/m0/s1. The summed E-state index contributed by atoms with van der Waals surface area (Å²) in [5.74, 6) is -1.71. The van der Waals surface area contributed by atoms with E-state index >= 15 is 0 Å². The quantitative estimate of drug-likeness (QED) is 0.695. The molecule has 0 saturated heterocycles. The maximum atomic E-state index is 12.6. The van der Waals surface area contributed by atoms with Gasteiger partial charge in [-0.15, -0.1) is 0 Å². The Bertz CT molecular complexity index is 890. The zero-order chi connectivity index (χ0) is 21.7. The highest BCUT2D eigenvalue weighted by molar-refractivity contribution is 5.98. The van der Waals surface area contributed by atoms with Crippen molar-refractivity contribution >= 4 is 23.5 Å². The van der Waals surface area contributed by atoms with E-state index < -0.39 is 24.0 Å². The van der Waals surface area contributed by atoms with E-state index in [1.165, 1.54) is 6.92 Å². The second-order valence-corrected chi connectivity index (χ2v) is 7.30.